The molecule has 1 rings (SSSR count). The molecule has 1 amide bonds. The predicted molar refractivity (Wildman–Crippen MR) is 72.6 cm³/mol. The molecular weight excluding hydrogens is 230 g/mol. The predicted octanol–water partition coefficient (Wildman–Crippen LogP) is 0.577. The maximum atomic E-state index is 11.7. The van der Waals surface area contributed by atoms with Gasteiger partial charge in [-0.05, 0) is 38.4 Å². The van der Waals surface area contributed by atoms with Gasteiger partial charge in [-0.3, -0.25) is 4.79 Å². The van der Waals surface area contributed by atoms with Crippen LogP contribution < -0.4 is 11.1 Å². The van der Waals surface area contributed by atoms with Crippen molar-refractivity contribution in [2.75, 3.05) is 46.1 Å². The van der Waals surface area contributed by atoms with E-state index in [0.29, 0.717) is 31.0 Å². The lowest BCUT2D eigenvalue weighted by molar-refractivity contribution is 0.0900. The number of carbonyl (C=O) groups excluding carboxylic acids is 1. The molecule has 3 N–H and O–H groups in total. The number of amides is 1. The summed E-state index contributed by atoms with van der Waals surface area (Å²) in [7, 11) is 3.98. The van der Waals surface area contributed by atoms with Gasteiger partial charge in [-0.25, -0.2) is 0 Å². The van der Waals surface area contributed by atoms with Gasteiger partial charge in [0.1, 0.15) is 0 Å². The highest BCUT2D eigenvalue weighted by molar-refractivity contribution is 5.94. The molecule has 1 aromatic rings. The third-order valence-corrected chi connectivity index (χ3v) is 2.39. The van der Waals surface area contributed by atoms with Crippen molar-refractivity contribution in [2.24, 2.45) is 0 Å². The van der Waals surface area contributed by atoms with Crippen molar-refractivity contribution < 1.29 is 9.53 Å². The normalized spacial score (nSPS) is 10.6. The van der Waals surface area contributed by atoms with E-state index in [0.717, 1.165) is 6.54 Å². The van der Waals surface area contributed by atoms with E-state index >= 15 is 0 Å². The van der Waals surface area contributed by atoms with Crippen LogP contribution in [0.25, 0.3) is 0 Å². The van der Waals surface area contributed by atoms with E-state index in [-0.39, 0.29) is 5.91 Å². The molecule has 0 saturated heterocycles. The molecule has 0 radical (unpaired) electrons. The van der Waals surface area contributed by atoms with Gasteiger partial charge < -0.3 is 20.7 Å². The number of hydrogen-bond donors (Lipinski definition) is 2. The average Bonchev–Trinajstić information content (AvgIpc) is 2.34. The van der Waals surface area contributed by atoms with Crippen molar-refractivity contribution >= 4 is 11.6 Å². The molecule has 18 heavy (non-hydrogen) atoms. The fourth-order valence-corrected chi connectivity index (χ4v) is 1.32. The zero-order chi connectivity index (χ0) is 13.4. The fourth-order valence-electron chi connectivity index (χ4n) is 1.32. The third kappa shape index (κ3) is 5.65. The molecule has 0 aromatic heterocycles. The lowest BCUT2D eigenvalue weighted by Gasteiger charge is -2.10. The Morgan fingerprint density at radius 1 is 1.28 bits per heavy atom. The second kappa shape index (κ2) is 7.68. The summed E-state index contributed by atoms with van der Waals surface area (Å²) in [6, 6.07) is 6.83. The molecule has 0 bridgehead atoms. The molecule has 0 aliphatic carbocycles. The Labute approximate surface area is 108 Å². The van der Waals surface area contributed by atoms with E-state index < -0.39 is 0 Å². The molecule has 5 nitrogen and oxygen atoms in total. The van der Waals surface area contributed by atoms with E-state index in [9.17, 15) is 4.79 Å². The highest BCUT2D eigenvalue weighted by Crippen LogP contribution is 2.04. The number of nitrogens with zero attached hydrogens (tertiary/aromatic N) is 1. The van der Waals surface area contributed by atoms with Gasteiger partial charge in [0.25, 0.3) is 5.91 Å². The molecule has 0 unspecified atom stereocenters. The minimum atomic E-state index is -0.105. The topological polar surface area (TPSA) is 67.6 Å². The van der Waals surface area contributed by atoms with Gasteiger partial charge in [0.05, 0.1) is 13.2 Å². The Balaban J connectivity index is 2.16. The monoisotopic (exact) mass is 251 g/mol. The van der Waals surface area contributed by atoms with E-state index in [2.05, 4.69) is 5.32 Å². The van der Waals surface area contributed by atoms with Crippen LogP contribution in [0.2, 0.25) is 0 Å². The van der Waals surface area contributed by atoms with Gasteiger partial charge in [-0.2, -0.15) is 0 Å². The summed E-state index contributed by atoms with van der Waals surface area (Å²) in [6.07, 6.45) is 0. The van der Waals surface area contributed by atoms with Crippen molar-refractivity contribution in [3.8, 4) is 0 Å². The van der Waals surface area contributed by atoms with Gasteiger partial charge in [0.2, 0.25) is 0 Å². The van der Waals surface area contributed by atoms with E-state index in [4.69, 9.17) is 10.5 Å². The second-order valence-corrected chi connectivity index (χ2v) is 4.29. The summed E-state index contributed by atoms with van der Waals surface area (Å²) in [4.78, 5) is 13.7. The average molecular weight is 251 g/mol. The number of rotatable bonds is 7. The zero-order valence-electron chi connectivity index (χ0n) is 11.0. The van der Waals surface area contributed by atoms with Crippen LogP contribution in [-0.4, -0.2) is 51.2 Å². The van der Waals surface area contributed by atoms with Crippen molar-refractivity contribution in [3.05, 3.63) is 29.8 Å². The van der Waals surface area contributed by atoms with Gasteiger partial charge in [0.15, 0.2) is 0 Å². The van der Waals surface area contributed by atoms with Crippen LogP contribution in [0.4, 0.5) is 5.69 Å². The quantitative estimate of drug-likeness (QED) is 0.549. The summed E-state index contributed by atoms with van der Waals surface area (Å²) >= 11 is 0. The Morgan fingerprint density at radius 3 is 2.56 bits per heavy atom. The first kappa shape index (κ1) is 14.5. The van der Waals surface area contributed by atoms with E-state index in [1.54, 1.807) is 24.3 Å². The largest absolute Gasteiger partial charge is 0.399 e. The second-order valence-electron chi connectivity index (χ2n) is 4.29. The molecule has 0 fully saturated rings. The maximum absolute atomic E-state index is 11.7. The standard InChI is InChI=1S/C13H21N3O2/c1-16(2)8-10-18-9-7-15-13(17)11-3-5-12(14)6-4-11/h3-6H,7-10,14H2,1-2H3,(H,15,17). The number of nitrogens with one attached hydrogen (secondary N) is 1. The number of nitrogens with two attached hydrogens (primary N) is 1. The third-order valence-electron chi connectivity index (χ3n) is 2.39. The number of carbonyl (C=O) groups is 1. The fraction of sp³-hybridized carbons (Fsp3) is 0.462. The van der Waals surface area contributed by atoms with Crippen LogP contribution >= 0.6 is 0 Å². The van der Waals surface area contributed by atoms with Gasteiger partial charge >= 0.3 is 0 Å². The first-order valence-electron chi connectivity index (χ1n) is 5.96. The molecule has 0 spiro atoms. The molecule has 0 heterocycles. The Morgan fingerprint density at radius 2 is 1.94 bits per heavy atom. The first-order chi connectivity index (χ1) is 8.59. The summed E-state index contributed by atoms with van der Waals surface area (Å²) in [5, 5.41) is 2.79. The Kier molecular flexibility index (Phi) is 6.18. The molecule has 0 aliphatic rings. The zero-order valence-corrected chi connectivity index (χ0v) is 11.0. The Bertz CT molecular complexity index is 363. The van der Waals surface area contributed by atoms with Crippen LogP contribution in [0.3, 0.4) is 0 Å². The number of ether oxygens (including phenoxy) is 1. The maximum Gasteiger partial charge on any atom is 0.251 e. The lowest BCUT2D eigenvalue weighted by Crippen LogP contribution is -2.28. The first-order valence-corrected chi connectivity index (χ1v) is 5.96. The van der Waals surface area contributed by atoms with Crippen molar-refractivity contribution in [2.45, 2.75) is 0 Å². The summed E-state index contributed by atoms with van der Waals surface area (Å²) < 4.78 is 5.37. The van der Waals surface area contributed by atoms with Gasteiger partial charge in [-0.15, -0.1) is 0 Å². The summed E-state index contributed by atoms with van der Waals surface area (Å²) in [5.74, 6) is -0.105. The number of hydrogen-bond acceptors (Lipinski definition) is 4. The Hall–Kier alpha value is -1.59. The van der Waals surface area contributed by atoms with Crippen LogP contribution in [-0.2, 0) is 4.74 Å². The van der Waals surface area contributed by atoms with Gasteiger partial charge in [0, 0.05) is 24.3 Å². The van der Waals surface area contributed by atoms with Crippen LogP contribution in [0.15, 0.2) is 24.3 Å². The summed E-state index contributed by atoms with van der Waals surface area (Å²) in [6.45, 7) is 2.59. The highest BCUT2D eigenvalue weighted by atomic mass is 16.5. The van der Waals surface area contributed by atoms with Crippen LogP contribution in [0.1, 0.15) is 10.4 Å². The van der Waals surface area contributed by atoms with Crippen LogP contribution in [0, 0.1) is 0 Å². The number of benzene rings is 1. The number of anilines is 1. The number of nitrogen functional groups attached to an aromatic ring is 1. The molecule has 1 aromatic carbocycles. The smallest absolute Gasteiger partial charge is 0.251 e. The summed E-state index contributed by atoms with van der Waals surface area (Å²) in [5.41, 5.74) is 6.81. The van der Waals surface area contributed by atoms with Crippen molar-refractivity contribution in [1.82, 2.24) is 10.2 Å². The van der Waals surface area contributed by atoms with Gasteiger partial charge in [-0.1, -0.05) is 0 Å². The SMILES string of the molecule is CN(C)CCOCCNC(=O)c1ccc(N)cc1. The van der Waals surface area contributed by atoms with Crippen molar-refractivity contribution in [3.63, 3.8) is 0 Å². The molecule has 5 heteroatoms. The van der Waals surface area contributed by atoms with Crippen molar-refractivity contribution in [1.29, 1.82) is 0 Å². The molecule has 0 saturated carbocycles. The van der Waals surface area contributed by atoms with Crippen LogP contribution in [0.5, 0.6) is 0 Å². The van der Waals surface area contributed by atoms with E-state index in [1.165, 1.54) is 0 Å². The molecule has 100 valence electrons. The molecule has 0 aliphatic heterocycles. The minimum absolute atomic E-state index is 0.105. The lowest BCUT2D eigenvalue weighted by atomic mass is 10.2. The molecular formula is C13H21N3O2. The highest BCUT2D eigenvalue weighted by Gasteiger charge is 2.03. The number of likely N-dealkylation sites (N-methyl/N-ethyl adjacent to an activating group) is 1. The minimum Gasteiger partial charge on any atom is -0.399 e. The van der Waals surface area contributed by atoms with E-state index in [1.807, 2.05) is 19.0 Å². The molecule has 0 atom stereocenters.